The molecule has 2 unspecified atom stereocenters. The van der Waals surface area contributed by atoms with Crippen molar-refractivity contribution in [3.05, 3.63) is 47.3 Å². The van der Waals surface area contributed by atoms with Crippen molar-refractivity contribution >= 4 is 0 Å². The molecule has 1 heterocycles. The second-order valence-electron chi connectivity index (χ2n) is 5.18. The second kappa shape index (κ2) is 7.24. The second-order valence-corrected chi connectivity index (χ2v) is 5.18. The third kappa shape index (κ3) is 3.83. The molecule has 3 N–H and O–H groups in total. The highest BCUT2D eigenvalue weighted by molar-refractivity contribution is 5.29. The van der Waals surface area contributed by atoms with Crippen LogP contribution in [0.1, 0.15) is 42.2 Å². The molecule has 2 atom stereocenters. The molecule has 5 heteroatoms. The normalized spacial score (nSPS) is 13.9. The van der Waals surface area contributed by atoms with Gasteiger partial charge in [0.05, 0.1) is 13.3 Å². The topological polar surface area (TPSA) is 70.2 Å². The molecule has 2 rings (SSSR count). The van der Waals surface area contributed by atoms with Crippen molar-refractivity contribution in [3.8, 4) is 5.75 Å². The van der Waals surface area contributed by atoms with Gasteiger partial charge >= 0.3 is 0 Å². The number of rotatable bonds is 7. The average molecular weight is 289 g/mol. The molecule has 0 aliphatic heterocycles. The number of aryl methyl sites for hydroxylation is 1. The number of nitrogens with one attached hydrogen (secondary N) is 2. The molecule has 1 aromatic carbocycles. The lowest BCUT2D eigenvalue weighted by atomic mass is 10.0. The van der Waals surface area contributed by atoms with E-state index in [4.69, 9.17) is 4.74 Å². The molecule has 2 aromatic rings. The predicted molar refractivity (Wildman–Crippen MR) is 82.3 cm³/mol. The Labute approximate surface area is 125 Å². The monoisotopic (exact) mass is 289 g/mol. The summed E-state index contributed by atoms with van der Waals surface area (Å²) in [6.07, 6.45) is 2.50. The van der Waals surface area contributed by atoms with Gasteiger partial charge in [-0.15, -0.1) is 0 Å². The van der Waals surface area contributed by atoms with Crippen molar-refractivity contribution in [1.82, 2.24) is 15.5 Å². The number of nitrogens with zero attached hydrogens (tertiary/aromatic N) is 1. The molecule has 0 amide bonds. The van der Waals surface area contributed by atoms with Gasteiger partial charge < -0.3 is 15.2 Å². The first kappa shape index (κ1) is 15.5. The number of ether oxygens (including phenoxy) is 1. The van der Waals surface area contributed by atoms with Crippen molar-refractivity contribution in [3.63, 3.8) is 0 Å². The molecule has 1 aromatic heterocycles. The van der Waals surface area contributed by atoms with Crippen LogP contribution in [-0.4, -0.2) is 29.0 Å². The molecular formula is C16H23N3O2. The summed E-state index contributed by atoms with van der Waals surface area (Å²) >= 11 is 0. The number of aliphatic hydroxyl groups is 1. The zero-order chi connectivity index (χ0) is 15.2. The third-order valence-corrected chi connectivity index (χ3v) is 3.72. The Balaban J connectivity index is 2.12. The molecule has 0 saturated carbocycles. The van der Waals surface area contributed by atoms with Gasteiger partial charge in [0.15, 0.2) is 0 Å². The first-order valence-electron chi connectivity index (χ1n) is 7.16. The van der Waals surface area contributed by atoms with Crippen LogP contribution in [0.2, 0.25) is 0 Å². The molecule has 0 aliphatic rings. The highest BCUT2D eigenvalue weighted by atomic mass is 16.5. The number of hydrogen-bond acceptors (Lipinski definition) is 4. The number of benzene rings is 1. The Kier molecular flexibility index (Phi) is 5.36. The van der Waals surface area contributed by atoms with Crippen LogP contribution in [0.5, 0.6) is 5.75 Å². The quantitative estimate of drug-likeness (QED) is 0.732. The van der Waals surface area contributed by atoms with Crippen molar-refractivity contribution in [1.29, 1.82) is 0 Å². The fourth-order valence-electron chi connectivity index (χ4n) is 2.50. The van der Waals surface area contributed by atoms with Crippen LogP contribution in [0.3, 0.4) is 0 Å². The number of aromatic amines is 1. The van der Waals surface area contributed by atoms with Gasteiger partial charge in [-0.25, -0.2) is 0 Å². The first-order chi connectivity index (χ1) is 10.2. The minimum absolute atomic E-state index is 0.0882. The van der Waals surface area contributed by atoms with Crippen LogP contribution in [0.25, 0.3) is 0 Å². The lowest BCUT2D eigenvalue weighted by molar-refractivity contribution is 0.260. The summed E-state index contributed by atoms with van der Waals surface area (Å²) in [5, 5.41) is 19.9. The number of H-pyrrole nitrogens is 1. The van der Waals surface area contributed by atoms with E-state index in [1.807, 2.05) is 37.4 Å². The minimum Gasteiger partial charge on any atom is -0.497 e. The van der Waals surface area contributed by atoms with Gasteiger partial charge in [-0.2, -0.15) is 5.10 Å². The van der Waals surface area contributed by atoms with Crippen molar-refractivity contribution < 1.29 is 9.84 Å². The molecular weight excluding hydrogens is 266 g/mol. The standard InChI is InChI=1S/C16H23N3O2/c1-11(15-10-17-19-12(15)2)18-16(8-9-20)13-4-6-14(21-3)7-5-13/h4-7,10-11,16,18,20H,8-9H2,1-3H3,(H,17,19). The largest absolute Gasteiger partial charge is 0.497 e. The SMILES string of the molecule is COc1ccc(C(CCO)NC(C)c2cn[nH]c2C)cc1. The zero-order valence-electron chi connectivity index (χ0n) is 12.8. The van der Waals surface area contributed by atoms with E-state index in [0.29, 0.717) is 6.42 Å². The summed E-state index contributed by atoms with van der Waals surface area (Å²) in [6.45, 7) is 4.25. The maximum Gasteiger partial charge on any atom is 0.118 e. The number of methoxy groups -OCH3 is 1. The number of aliphatic hydroxyl groups excluding tert-OH is 1. The highest BCUT2D eigenvalue weighted by Gasteiger charge is 2.17. The number of aromatic nitrogens is 2. The predicted octanol–water partition coefficient (Wildman–Crippen LogP) is 2.50. The van der Waals surface area contributed by atoms with Gasteiger partial charge in [0.1, 0.15) is 5.75 Å². The summed E-state index contributed by atoms with van der Waals surface area (Å²) < 4.78 is 5.18. The van der Waals surface area contributed by atoms with Crippen molar-refractivity contribution in [2.24, 2.45) is 0 Å². The highest BCUT2D eigenvalue weighted by Crippen LogP contribution is 2.24. The van der Waals surface area contributed by atoms with E-state index in [9.17, 15) is 5.11 Å². The maximum absolute atomic E-state index is 9.31. The maximum atomic E-state index is 9.31. The summed E-state index contributed by atoms with van der Waals surface area (Å²) in [4.78, 5) is 0. The van der Waals surface area contributed by atoms with Crippen LogP contribution in [0.4, 0.5) is 0 Å². The molecule has 114 valence electrons. The lowest BCUT2D eigenvalue weighted by Gasteiger charge is -2.23. The summed E-state index contributed by atoms with van der Waals surface area (Å²) in [5.41, 5.74) is 3.34. The van der Waals surface area contributed by atoms with Crippen LogP contribution < -0.4 is 10.1 Å². The fourth-order valence-corrected chi connectivity index (χ4v) is 2.50. The third-order valence-electron chi connectivity index (χ3n) is 3.72. The zero-order valence-corrected chi connectivity index (χ0v) is 12.8. The average Bonchev–Trinajstić information content (AvgIpc) is 2.93. The van der Waals surface area contributed by atoms with Gasteiger partial charge in [-0.05, 0) is 38.0 Å². The van der Waals surface area contributed by atoms with Crippen molar-refractivity contribution in [2.45, 2.75) is 32.4 Å². The smallest absolute Gasteiger partial charge is 0.118 e. The van der Waals surface area contributed by atoms with E-state index >= 15 is 0 Å². The molecule has 0 radical (unpaired) electrons. The Morgan fingerprint density at radius 2 is 2.05 bits per heavy atom. The fraction of sp³-hybridized carbons (Fsp3) is 0.438. The van der Waals surface area contributed by atoms with E-state index in [-0.39, 0.29) is 18.7 Å². The van der Waals surface area contributed by atoms with Crippen molar-refractivity contribution in [2.75, 3.05) is 13.7 Å². The summed E-state index contributed by atoms with van der Waals surface area (Å²) in [7, 11) is 1.65. The molecule has 0 fully saturated rings. The van der Waals surface area contributed by atoms with Crippen LogP contribution in [0, 0.1) is 6.92 Å². The van der Waals surface area contributed by atoms with Gasteiger partial charge in [-0.1, -0.05) is 12.1 Å². The van der Waals surface area contributed by atoms with Gasteiger partial charge in [-0.3, -0.25) is 5.10 Å². The van der Waals surface area contributed by atoms with Crippen LogP contribution in [-0.2, 0) is 0 Å². The Bertz CT molecular complexity index is 551. The van der Waals surface area contributed by atoms with E-state index in [2.05, 4.69) is 22.4 Å². The minimum atomic E-state index is 0.0882. The van der Waals surface area contributed by atoms with Crippen LogP contribution >= 0.6 is 0 Å². The van der Waals surface area contributed by atoms with Gasteiger partial charge in [0, 0.05) is 29.9 Å². The Hall–Kier alpha value is -1.85. The van der Waals surface area contributed by atoms with Gasteiger partial charge in [0.25, 0.3) is 0 Å². The number of hydrogen-bond donors (Lipinski definition) is 3. The molecule has 5 nitrogen and oxygen atoms in total. The molecule has 0 saturated heterocycles. The summed E-state index contributed by atoms with van der Waals surface area (Å²) in [5.74, 6) is 0.834. The first-order valence-corrected chi connectivity index (χ1v) is 7.16. The van der Waals surface area contributed by atoms with E-state index in [0.717, 1.165) is 22.6 Å². The van der Waals surface area contributed by atoms with E-state index in [1.54, 1.807) is 7.11 Å². The van der Waals surface area contributed by atoms with Gasteiger partial charge in [0.2, 0.25) is 0 Å². The molecule has 0 spiro atoms. The Morgan fingerprint density at radius 1 is 1.33 bits per heavy atom. The van der Waals surface area contributed by atoms with Crippen LogP contribution in [0.15, 0.2) is 30.5 Å². The molecule has 0 bridgehead atoms. The van der Waals surface area contributed by atoms with E-state index < -0.39 is 0 Å². The molecule has 0 aliphatic carbocycles. The van der Waals surface area contributed by atoms with E-state index in [1.165, 1.54) is 0 Å². The lowest BCUT2D eigenvalue weighted by Crippen LogP contribution is -2.25. The molecule has 21 heavy (non-hydrogen) atoms. The Morgan fingerprint density at radius 3 is 2.57 bits per heavy atom. The summed E-state index contributed by atoms with van der Waals surface area (Å²) in [6, 6.07) is 8.18.